The number of aromatic hydroxyl groups is 1. The second kappa shape index (κ2) is 7.79. The molecule has 2 N–H and O–H groups in total. The predicted octanol–water partition coefficient (Wildman–Crippen LogP) is 2.05. The number of carbonyl (C=O) groups excluding carboxylic acids is 1. The van der Waals surface area contributed by atoms with Crippen LogP contribution in [0.5, 0.6) is 5.75 Å². The summed E-state index contributed by atoms with van der Waals surface area (Å²) >= 11 is 0. The summed E-state index contributed by atoms with van der Waals surface area (Å²) in [6.45, 7) is 8.58. The summed E-state index contributed by atoms with van der Waals surface area (Å²) in [5.74, 6) is 0.510. The van der Waals surface area contributed by atoms with Gasteiger partial charge in [0.15, 0.2) is 0 Å². The van der Waals surface area contributed by atoms with Crippen molar-refractivity contribution >= 4 is 5.91 Å². The summed E-state index contributed by atoms with van der Waals surface area (Å²) in [6, 6.07) is 5.69. The minimum atomic E-state index is 0.172. The van der Waals surface area contributed by atoms with Crippen molar-refractivity contribution in [1.82, 2.24) is 10.2 Å². The first-order valence-electron chi connectivity index (χ1n) is 6.86. The Labute approximate surface area is 115 Å². The number of nitrogens with one attached hydrogen (secondary N) is 1. The average molecular weight is 264 g/mol. The van der Waals surface area contributed by atoms with Gasteiger partial charge < -0.3 is 15.3 Å². The van der Waals surface area contributed by atoms with Gasteiger partial charge in [-0.2, -0.15) is 0 Å². The quantitative estimate of drug-likeness (QED) is 0.741. The highest BCUT2D eigenvalue weighted by Crippen LogP contribution is 2.20. The molecule has 0 fully saturated rings. The molecule has 4 nitrogen and oxygen atoms in total. The van der Waals surface area contributed by atoms with Crippen LogP contribution in [0.1, 0.15) is 31.4 Å². The number of benzene rings is 1. The molecular weight excluding hydrogens is 240 g/mol. The number of rotatable bonds is 7. The lowest BCUT2D eigenvalue weighted by molar-refractivity contribution is -0.130. The zero-order valence-electron chi connectivity index (χ0n) is 12.1. The van der Waals surface area contributed by atoms with Crippen LogP contribution in [-0.2, 0) is 11.3 Å². The monoisotopic (exact) mass is 264 g/mol. The molecule has 0 radical (unpaired) electrons. The fraction of sp³-hybridized carbons (Fsp3) is 0.533. The minimum Gasteiger partial charge on any atom is -0.507 e. The molecule has 0 aliphatic carbocycles. The number of hydrogen-bond donors (Lipinski definition) is 2. The van der Waals surface area contributed by atoms with E-state index in [0.717, 1.165) is 24.2 Å². The number of phenolic OH excluding ortho intramolecular Hbond substituents is 1. The molecule has 1 aromatic rings. The van der Waals surface area contributed by atoms with Gasteiger partial charge in [-0.3, -0.25) is 4.79 Å². The molecule has 0 saturated carbocycles. The van der Waals surface area contributed by atoms with Crippen molar-refractivity contribution in [3.8, 4) is 5.75 Å². The Balaban J connectivity index is 2.35. The second-order valence-corrected chi connectivity index (χ2v) is 4.58. The molecule has 0 spiro atoms. The van der Waals surface area contributed by atoms with Gasteiger partial charge in [-0.25, -0.2) is 0 Å². The highest BCUT2D eigenvalue weighted by atomic mass is 16.3. The van der Waals surface area contributed by atoms with Crippen LogP contribution in [0.25, 0.3) is 0 Å². The van der Waals surface area contributed by atoms with E-state index in [2.05, 4.69) is 5.32 Å². The van der Waals surface area contributed by atoms with Crippen LogP contribution in [0.2, 0.25) is 0 Å². The number of phenols is 1. The fourth-order valence-electron chi connectivity index (χ4n) is 2.02. The Morgan fingerprint density at radius 1 is 1.32 bits per heavy atom. The zero-order valence-corrected chi connectivity index (χ0v) is 12.1. The molecule has 0 unspecified atom stereocenters. The standard InChI is InChI=1S/C15H24N2O2/c1-4-17(5-2)14(18)9-10-16-11-13-8-6-7-12(3)15(13)19/h6-8,16,19H,4-5,9-11H2,1-3H3. The molecule has 0 aliphatic rings. The number of aryl methyl sites for hydroxylation is 1. The van der Waals surface area contributed by atoms with Gasteiger partial charge in [0.2, 0.25) is 5.91 Å². The van der Waals surface area contributed by atoms with Gasteiger partial charge in [0.25, 0.3) is 0 Å². The first kappa shape index (κ1) is 15.5. The van der Waals surface area contributed by atoms with Crippen LogP contribution in [0.15, 0.2) is 18.2 Å². The average Bonchev–Trinajstić information content (AvgIpc) is 2.40. The van der Waals surface area contributed by atoms with Gasteiger partial charge in [0.1, 0.15) is 5.75 Å². The van der Waals surface area contributed by atoms with Crippen molar-refractivity contribution in [2.45, 2.75) is 33.7 Å². The van der Waals surface area contributed by atoms with Gasteiger partial charge in [0, 0.05) is 38.2 Å². The van der Waals surface area contributed by atoms with E-state index in [1.165, 1.54) is 0 Å². The molecule has 0 heterocycles. The maximum Gasteiger partial charge on any atom is 0.223 e. The van der Waals surface area contributed by atoms with Gasteiger partial charge in [-0.05, 0) is 26.3 Å². The van der Waals surface area contributed by atoms with Crippen LogP contribution in [0.3, 0.4) is 0 Å². The Hall–Kier alpha value is -1.55. The van der Waals surface area contributed by atoms with Gasteiger partial charge in [-0.15, -0.1) is 0 Å². The smallest absolute Gasteiger partial charge is 0.223 e. The highest BCUT2D eigenvalue weighted by Gasteiger charge is 2.08. The van der Waals surface area contributed by atoms with Crippen molar-refractivity contribution in [2.24, 2.45) is 0 Å². The lowest BCUT2D eigenvalue weighted by atomic mass is 10.1. The van der Waals surface area contributed by atoms with Crippen molar-refractivity contribution in [3.05, 3.63) is 29.3 Å². The number of para-hydroxylation sites is 1. The number of carbonyl (C=O) groups is 1. The third-order valence-corrected chi connectivity index (χ3v) is 3.27. The van der Waals surface area contributed by atoms with Crippen LogP contribution in [-0.4, -0.2) is 35.5 Å². The van der Waals surface area contributed by atoms with Crippen LogP contribution < -0.4 is 5.32 Å². The van der Waals surface area contributed by atoms with Crippen LogP contribution >= 0.6 is 0 Å². The second-order valence-electron chi connectivity index (χ2n) is 4.58. The van der Waals surface area contributed by atoms with Gasteiger partial charge in [-0.1, -0.05) is 18.2 Å². The third kappa shape index (κ3) is 4.56. The molecule has 0 bridgehead atoms. The molecule has 0 saturated heterocycles. The van der Waals surface area contributed by atoms with Crippen molar-refractivity contribution in [2.75, 3.05) is 19.6 Å². The fourth-order valence-corrected chi connectivity index (χ4v) is 2.02. The van der Waals surface area contributed by atoms with Crippen molar-refractivity contribution < 1.29 is 9.90 Å². The summed E-state index contributed by atoms with van der Waals surface area (Å²) in [4.78, 5) is 13.6. The Kier molecular flexibility index (Phi) is 6.36. The largest absolute Gasteiger partial charge is 0.507 e. The van der Waals surface area contributed by atoms with E-state index in [1.54, 1.807) is 0 Å². The van der Waals surface area contributed by atoms with E-state index >= 15 is 0 Å². The number of nitrogens with zero attached hydrogens (tertiary/aromatic N) is 1. The Morgan fingerprint density at radius 2 is 2.00 bits per heavy atom. The lowest BCUT2D eigenvalue weighted by Crippen LogP contribution is -2.32. The van der Waals surface area contributed by atoms with E-state index in [4.69, 9.17) is 0 Å². The van der Waals surface area contributed by atoms with Crippen LogP contribution in [0, 0.1) is 6.92 Å². The van der Waals surface area contributed by atoms with Gasteiger partial charge >= 0.3 is 0 Å². The van der Waals surface area contributed by atoms with E-state index in [-0.39, 0.29) is 5.91 Å². The summed E-state index contributed by atoms with van der Waals surface area (Å²) in [6.07, 6.45) is 0.494. The molecule has 1 aromatic carbocycles. The lowest BCUT2D eigenvalue weighted by Gasteiger charge is -2.18. The molecule has 0 atom stereocenters. The Morgan fingerprint density at radius 3 is 2.63 bits per heavy atom. The summed E-state index contributed by atoms with van der Waals surface area (Å²) in [5, 5.41) is 13.1. The molecule has 4 heteroatoms. The van der Waals surface area contributed by atoms with Gasteiger partial charge in [0.05, 0.1) is 0 Å². The number of amides is 1. The summed E-state index contributed by atoms with van der Waals surface area (Å²) in [7, 11) is 0. The highest BCUT2D eigenvalue weighted by molar-refractivity contribution is 5.76. The SMILES string of the molecule is CCN(CC)C(=O)CCNCc1cccc(C)c1O. The van der Waals surface area contributed by atoms with E-state index < -0.39 is 0 Å². The summed E-state index contributed by atoms with van der Waals surface area (Å²) in [5.41, 5.74) is 1.74. The number of hydrogen-bond acceptors (Lipinski definition) is 3. The maximum atomic E-state index is 11.8. The Bertz CT molecular complexity index is 415. The molecule has 106 valence electrons. The molecule has 0 aliphatic heterocycles. The third-order valence-electron chi connectivity index (χ3n) is 3.27. The van der Waals surface area contributed by atoms with Crippen LogP contribution in [0.4, 0.5) is 0 Å². The molecular formula is C15H24N2O2. The minimum absolute atomic E-state index is 0.172. The first-order chi connectivity index (χ1) is 9.10. The first-order valence-corrected chi connectivity index (χ1v) is 6.86. The molecule has 19 heavy (non-hydrogen) atoms. The molecule has 1 amide bonds. The van der Waals surface area contributed by atoms with E-state index in [1.807, 2.05) is 43.9 Å². The van der Waals surface area contributed by atoms with Crippen molar-refractivity contribution in [1.29, 1.82) is 0 Å². The predicted molar refractivity (Wildman–Crippen MR) is 77.1 cm³/mol. The van der Waals surface area contributed by atoms with E-state index in [9.17, 15) is 9.90 Å². The topological polar surface area (TPSA) is 52.6 Å². The summed E-state index contributed by atoms with van der Waals surface area (Å²) < 4.78 is 0. The molecule has 0 aromatic heterocycles. The zero-order chi connectivity index (χ0) is 14.3. The molecule has 1 rings (SSSR count). The normalized spacial score (nSPS) is 10.5. The van der Waals surface area contributed by atoms with Crippen molar-refractivity contribution in [3.63, 3.8) is 0 Å². The maximum absolute atomic E-state index is 11.8. The van der Waals surface area contributed by atoms with E-state index in [0.29, 0.717) is 25.3 Å².